The number of nitrogens with one attached hydrogen (secondary N) is 1. The van der Waals surface area contributed by atoms with Gasteiger partial charge < -0.3 is 4.74 Å². The molecule has 1 aromatic rings. The molecule has 0 radical (unpaired) electrons. The second kappa shape index (κ2) is 6.98. The monoisotopic (exact) mass is 231 g/mol. The lowest BCUT2D eigenvalue weighted by molar-refractivity contribution is 0.242. The third-order valence-corrected chi connectivity index (χ3v) is 2.43. The molecule has 0 spiro atoms. The van der Waals surface area contributed by atoms with Gasteiger partial charge in [-0.15, -0.1) is 5.92 Å². The Hall–Kier alpha value is -1.46. The maximum absolute atomic E-state index is 5.60. The van der Waals surface area contributed by atoms with Gasteiger partial charge in [0.2, 0.25) is 0 Å². The van der Waals surface area contributed by atoms with E-state index in [1.165, 1.54) is 5.56 Å². The number of benzene rings is 1. The van der Waals surface area contributed by atoms with Crippen LogP contribution in [-0.4, -0.2) is 12.6 Å². The molecule has 0 aliphatic rings. The van der Waals surface area contributed by atoms with Gasteiger partial charge in [0.1, 0.15) is 5.75 Å². The van der Waals surface area contributed by atoms with Gasteiger partial charge in [-0.1, -0.05) is 18.1 Å². The molecule has 92 valence electrons. The molecular formula is C15H21NO. The van der Waals surface area contributed by atoms with E-state index < -0.39 is 0 Å². The fourth-order valence-electron chi connectivity index (χ4n) is 1.52. The van der Waals surface area contributed by atoms with E-state index in [2.05, 4.69) is 36.2 Å². The quantitative estimate of drug-likeness (QED) is 0.786. The Balaban J connectivity index is 2.56. The molecule has 17 heavy (non-hydrogen) atoms. The van der Waals surface area contributed by atoms with E-state index in [1.54, 1.807) is 0 Å². The summed E-state index contributed by atoms with van der Waals surface area (Å²) in [6, 6.07) is 8.52. The van der Waals surface area contributed by atoms with Gasteiger partial charge in [-0.05, 0) is 45.4 Å². The summed E-state index contributed by atoms with van der Waals surface area (Å²) in [6.07, 6.45) is 0.219. The van der Waals surface area contributed by atoms with Gasteiger partial charge in [-0.2, -0.15) is 0 Å². The van der Waals surface area contributed by atoms with Crippen LogP contribution in [0.1, 0.15) is 39.3 Å². The van der Waals surface area contributed by atoms with Crippen molar-refractivity contribution in [1.82, 2.24) is 5.32 Å². The van der Waals surface area contributed by atoms with Crippen LogP contribution in [0.3, 0.4) is 0 Å². The van der Waals surface area contributed by atoms with Crippen molar-refractivity contribution in [2.24, 2.45) is 0 Å². The third-order valence-electron chi connectivity index (χ3n) is 2.43. The number of rotatable bonds is 5. The zero-order valence-electron chi connectivity index (χ0n) is 11.1. The number of hydrogen-bond donors (Lipinski definition) is 1. The Bertz CT molecular complexity index is 384. The molecule has 2 heteroatoms. The first-order chi connectivity index (χ1) is 8.13. The molecule has 0 amide bonds. The topological polar surface area (TPSA) is 21.3 Å². The molecule has 0 aliphatic heterocycles. The molecule has 2 nitrogen and oxygen atoms in total. The first kappa shape index (κ1) is 13.6. The molecular weight excluding hydrogens is 210 g/mol. The zero-order chi connectivity index (χ0) is 12.7. The van der Waals surface area contributed by atoms with Crippen LogP contribution in [-0.2, 0) is 0 Å². The van der Waals surface area contributed by atoms with Crippen molar-refractivity contribution in [2.75, 3.05) is 6.54 Å². The number of ether oxygens (including phenoxy) is 1. The van der Waals surface area contributed by atoms with Crippen molar-refractivity contribution in [1.29, 1.82) is 0 Å². The van der Waals surface area contributed by atoms with Gasteiger partial charge in [-0.3, -0.25) is 5.32 Å². The first-order valence-electron chi connectivity index (χ1n) is 6.03. The zero-order valence-corrected chi connectivity index (χ0v) is 11.1. The van der Waals surface area contributed by atoms with Crippen LogP contribution in [0.15, 0.2) is 24.3 Å². The van der Waals surface area contributed by atoms with Crippen LogP contribution < -0.4 is 10.1 Å². The Morgan fingerprint density at radius 2 is 1.82 bits per heavy atom. The van der Waals surface area contributed by atoms with E-state index in [-0.39, 0.29) is 6.10 Å². The molecule has 1 rings (SSSR count). The predicted molar refractivity (Wildman–Crippen MR) is 72.1 cm³/mol. The summed E-state index contributed by atoms with van der Waals surface area (Å²) in [5.41, 5.74) is 1.25. The molecule has 0 fully saturated rings. The standard InChI is InChI=1S/C15H21NO/c1-5-6-11-16-13(4)14-7-9-15(10-8-14)17-12(2)3/h7-10,12-13,16H,11H2,1-4H3. The van der Waals surface area contributed by atoms with Crippen molar-refractivity contribution >= 4 is 0 Å². The van der Waals surface area contributed by atoms with Gasteiger partial charge in [0.15, 0.2) is 0 Å². The van der Waals surface area contributed by atoms with Crippen LogP contribution in [0.5, 0.6) is 5.75 Å². The maximum atomic E-state index is 5.60. The van der Waals surface area contributed by atoms with Crippen molar-refractivity contribution in [3.05, 3.63) is 29.8 Å². The van der Waals surface area contributed by atoms with E-state index in [9.17, 15) is 0 Å². The van der Waals surface area contributed by atoms with E-state index in [1.807, 2.05) is 32.9 Å². The molecule has 1 unspecified atom stereocenters. The summed E-state index contributed by atoms with van der Waals surface area (Å²) >= 11 is 0. The third kappa shape index (κ3) is 4.93. The molecule has 1 N–H and O–H groups in total. The van der Waals surface area contributed by atoms with Crippen LogP contribution >= 0.6 is 0 Å². The number of hydrogen-bond acceptors (Lipinski definition) is 2. The lowest BCUT2D eigenvalue weighted by Gasteiger charge is -2.14. The molecule has 0 aliphatic carbocycles. The normalized spacial score (nSPS) is 11.8. The van der Waals surface area contributed by atoms with Gasteiger partial charge >= 0.3 is 0 Å². The minimum absolute atomic E-state index is 0.219. The largest absolute Gasteiger partial charge is 0.491 e. The SMILES string of the molecule is CC#CCNC(C)c1ccc(OC(C)C)cc1. The Labute approximate surface area is 104 Å². The van der Waals surface area contributed by atoms with Gasteiger partial charge in [0.25, 0.3) is 0 Å². The molecule has 0 aromatic heterocycles. The summed E-state index contributed by atoms with van der Waals surface area (Å²) in [7, 11) is 0. The first-order valence-corrected chi connectivity index (χ1v) is 6.03. The summed E-state index contributed by atoms with van der Waals surface area (Å²) in [6.45, 7) is 8.77. The molecule has 0 saturated carbocycles. The van der Waals surface area contributed by atoms with E-state index >= 15 is 0 Å². The van der Waals surface area contributed by atoms with Crippen molar-refractivity contribution in [3.63, 3.8) is 0 Å². The lowest BCUT2D eigenvalue weighted by atomic mass is 10.1. The van der Waals surface area contributed by atoms with Crippen molar-refractivity contribution < 1.29 is 4.74 Å². The van der Waals surface area contributed by atoms with Gasteiger partial charge in [0.05, 0.1) is 12.6 Å². The second-order valence-electron chi connectivity index (χ2n) is 4.27. The molecule has 1 atom stereocenters. The summed E-state index contributed by atoms with van der Waals surface area (Å²) < 4.78 is 5.60. The molecule has 0 heterocycles. The van der Waals surface area contributed by atoms with Crippen LogP contribution in [0.25, 0.3) is 0 Å². The van der Waals surface area contributed by atoms with Crippen molar-refractivity contribution in [2.45, 2.75) is 39.8 Å². The summed E-state index contributed by atoms with van der Waals surface area (Å²) in [4.78, 5) is 0. The fraction of sp³-hybridized carbons (Fsp3) is 0.467. The van der Waals surface area contributed by atoms with Crippen LogP contribution in [0.2, 0.25) is 0 Å². The van der Waals surface area contributed by atoms with Crippen molar-refractivity contribution in [3.8, 4) is 17.6 Å². The minimum Gasteiger partial charge on any atom is -0.491 e. The van der Waals surface area contributed by atoms with Gasteiger partial charge in [0, 0.05) is 6.04 Å². The maximum Gasteiger partial charge on any atom is 0.119 e. The minimum atomic E-state index is 0.219. The van der Waals surface area contributed by atoms with Gasteiger partial charge in [-0.25, -0.2) is 0 Å². The smallest absolute Gasteiger partial charge is 0.119 e. The molecule has 0 saturated heterocycles. The average molecular weight is 231 g/mol. The average Bonchev–Trinajstić information content (AvgIpc) is 2.29. The summed E-state index contributed by atoms with van der Waals surface area (Å²) in [5, 5.41) is 3.35. The Morgan fingerprint density at radius 1 is 1.18 bits per heavy atom. The van der Waals surface area contributed by atoms with Crippen LogP contribution in [0, 0.1) is 11.8 Å². The van der Waals surface area contributed by atoms with E-state index in [0.29, 0.717) is 6.04 Å². The van der Waals surface area contributed by atoms with Crippen LogP contribution in [0.4, 0.5) is 0 Å². The summed E-state index contributed by atoms with van der Waals surface area (Å²) in [5.74, 6) is 6.79. The highest BCUT2D eigenvalue weighted by atomic mass is 16.5. The second-order valence-corrected chi connectivity index (χ2v) is 4.27. The molecule has 0 bridgehead atoms. The van der Waals surface area contributed by atoms with E-state index in [0.717, 1.165) is 12.3 Å². The lowest BCUT2D eigenvalue weighted by Crippen LogP contribution is -2.18. The highest BCUT2D eigenvalue weighted by Crippen LogP contribution is 2.18. The highest BCUT2D eigenvalue weighted by molar-refractivity contribution is 5.29. The Kier molecular flexibility index (Phi) is 5.59. The Morgan fingerprint density at radius 3 is 2.35 bits per heavy atom. The van der Waals surface area contributed by atoms with E-state index in [4.69, 9.17) is 4.74 Å². The molecule has 1 aromatic carbocycles. The predicted octanol–water partition coefficient (Wildman–Crippen LogP) is 3.15. The fourth-order valence-corrected chi connectivity index (χ4v) is 1.52. The highest BCUT2D eigenvalue weighted by Gasteiger charge is 2.04.